The van der Waals surface area contributed by atoms with Gasteiger partial charge < -0.3 is 37.2 Å². The van der Waals surface area contributed by atoms with E-state index in [1.54, 1.807) is 0 Å². The summed E-state index contributed by atoms with van der Waals surface area (Å²) in [6.45, 7) is 11.7. The molecule has 1 rings (SSSR count). The van der Waals surface area contributed by atoms with Crippen molar-refractivity contribution in [2.45, 2.75) is 34.6 Å². The second-order valence-electron chi connectivity index (χ2n) is 4.03. The van der Waals surface area contributed by atoms with Gasteiger partial charge in [-0.2, -0.15) is 0 Å². The zero-order valence-electron chi connectivity index (χ0n) is 12.9. The Hall–Kier alpha value is -0.134. The molecular weight excluding hydrogens is 375 g/mol. The van der Waals surface area contributed by atoms with Crippen LogP contribution in [0.2, 0.25) is 0 Å². The van der Waals surface area contributed by atoms with Crippen LogP contribution in [0, 0.1) is 6.92 Å². The minimum atomic E-state index is 0. The first kappa shape index (κ1) is 28.9. The minimum absolute atomic E-state index is 0. The quantitative estimate of drug-likeness (QED) is 0.467. The first-order chi connectivity index (χ1) is 8.08. The molecule has 0 atom stereocenters. The van der Waals surface area contributed by atoms with E-state index in [0.29, 0.717) is 0 Å². The van der Waals surface area contributed by atoms with Crippen LogP contribution in [-0.4, -0.2) is 29.5 Å². The Morgan fingerprint density at radius 2 is 1.24 bits per heavy atom. The number of rotatable bonds is 4. The molecule has 7 heteroatoms. The fourth-order valence-electron chi connectivity index (χ4n) is 1.67. The van der Waals surface area contributed by atoms with Crippen LogP contribution in [-0.2, 0) is 16.8 Å². The molecule has 0 saturated carbocycles. The van der Waals surface area contributed by atoms with E-state index in [1.807, 2.05) is 27.7 Å². The van der Waals surface area contributed by atoms with E-state index in [9.17, 15) is 0 Å². The second-order valence-corrected chi connectivity index (χ2v) is 4.03. The van der Waals surface area contributed by atoms with Gasteiger partial charge in [0.2, 0.25) is 0 Å². The Balaban J connectivity index is -0.000000361. The molecule has 1 aromatic heterocycles. The molecule has 3 nitrogen and oxygen atoms in total. The first-order valence-electron chi connectivity index (χ1n) is 6.10. The molecule has 0 saturated heterocycles. The van der Waals surface area contributed by atoms with Gasteiger partial charge in [0.05, 0.1) is 22.8 Å². The van der Waals surface area contributed by atoms with E-state index in [1.165, 1.54) is 5.56 Å². The SMILES string of the molecule is CCN=C(C)c1cc(C)cc(C(C)=NCC)n1.[Cl-].[Cl-].[Cl-].[Co+3]. The number of hydrogen-bond acceptors (Lipinski definition) is 3. The Kier molecular flexibility index (Phi) is 20.4. The Morgan fingerprint density at radius 3 is 1.52 bits per heavy atom. The molecule has 0 amide bonds. The standard InChI is InChI=1S/C14H21N3.3ClH.Co/c1-6-15-11(4)13-8-10(3)9-14(17-13)12(5)16-7-2;;;;/h8-9H,6-7H2,1-5H3;3*1H;/q;;;;+3/p-3. The number of halogens is 3. The third-order valence-electron chi connectivity index (χ3n) is 2.50. The summed E-state index contributed by atoms with van der Waals surface area (Å²) in [5.74, 6) is 0. The topological polar surface area (TPSA) is 37.6 Å². The van der Waals surface area contributed by atoms with Crippen LogP contribution in [0.3, 0.4) is 0 Å². The van der Waals surface area contributed by atoms with Crippen LogP contribution in [0.1, 0.15) is 44.6 Å². The summed E-state index contributed by atoms with van der Waals surface area (Å²) in [7, 11) is 0. The van der Waals surface area contributed by atoms with Crippen molar-refractivity contribution >= 4 is 11.4 Å². The van der Waals surface area contributed by atoms with Gasteiger partial charge in [0.1, 0.15) is 0 Å². The van der Waals surface area contributed by atoms with Gasteiger partial charge >= 0.3 is 16.8 Å². The molecule has 0 spiro atoms. The van der Waals surface area contributed by atoms with E-state index >= 15 is 0 Å². The van der Waals surface area contributed by atoms with Gasteiger partial charge in [-0.15, -0.1) is 0 Å². The van der Waals surface area contributed by atoms with Crippen molar-refractivity contribution in [3.8, 4) is 0 Å². The van der Waals surface area contributed by atoms with Crippen LogP contribution in [0.25, 0.3) is 0 Å². The molecule has 0 aliphatic carbocycles. The third-order valence-corrected chi connectivity index (χ3v) is 2.50. The molecule has 0 unspecified atom stereocenters. The van der Waals surface area contributed by atoms with Crippen LogP contribution >= 0.6 is 0 Å². The molecule has 0 radical (unpaired) electrons. The average Bonchev–Trinajstić information content (AvgIpc) is 2.29. The molecular formula is C14H21Cl3CoN3. The molecule has 0 aliphatic heterocycles. The maximum atomic E-state index is 4.61. The Morgan fingerprint density at radius 1 is 0.905 bits per heavy atom. The summed E-state index contributed by atoms with van der Waals surface area (Å²) in [6, 6.07) is 4.13. The molecule has 21 heavy (non-hydrogen) atoms. The summed E-state index contributed by atoms with van der Waals surface area (Å²) < 4.78 is 0. The Labute approximate surface area is 157 Å². The molecule has 0 aliphatic rings. The van der Waals surface area contributed by atoms with Crippen molar-refractivity contribution in [1.29, 1.82) is 0 Å². The fraction of sp³-hybridized carbons (Fsp3) is 0.500. The normalized spacial score (nSPS) is 10.5. The zero-order chi connectivity index (χ0) is 12.8. The van der Waals surface area contributed by atoms with Crippen molar-refractivity contribution in [2.24, 2.45) is 9.98 Å². The van der Waals surface area contributed by atoms with Crippen molar-refractivity contribution in [2.75, 3.05) is 13.1 Å². The summed E-state index contributed by atoms with van der Waals surface area (Å²) in [5, 5.41) is 0. The first-order valence-corrected chi connectivity index (χ1v) is 6.10. The molecule has 122 valence electrons. The second kappa shape index (κ2) is 14.8. The van der Waals surface area contributed by atoms with Gasteiger partial charge in [-0.25, -0.2) is 4.98 Å². The molecule has 0 N–H and O–H groups in total. The van der Waals surface area contributed by atoms with Crippen LogP contribution in [0.15, 0.2) is 22.1 Å². The van der Waals surface area contributed by atoms with Gasteiger partial charge in [0.25, 0.3) is 0 Å². The number of aliphatic imine (C=N–C) groups is 2. The van der Waals surface area contributed by atoms with Gasteiger partial charge in [0, 0.05) is 13.1 Å². The smallest absolute Gasteiger partial charge is 1.00 e. The van der Waals surface area contributed by atoms with Gasteiger partial charge in [-0.3, -0.25) is 9.98 Å². The predicted molar refractivity (Wildman–Crippen MR) is 74.5 cm³/mol. The average molecular weight is 397 g/mol. The maximum Gasteiger partial charge on any atom is 3.00 e. The monoisotopic (exact) mass is 395 g/mol. The maximum absolute atomic E-state index is 4.61. The molecule has 1 heterocycles. The van der Waals surface area contributed by atoms with Gasteiger partial charge in [-0.05, 0) is 52.3 Å². The number of hydrogen-bond donors (Lipinski definition) is 0. The molecule has 0 aromatic carbocycles. The molecule has 0 bridgehead atoms. The summed E-state index contributed by atoms with van der Waals surface area (Å²) in [6.07, 6.45) is 0. The third kappa shape index (κ3) is 9.48. The molecule has 1 aromatic rings. The van der Waals surface area contributed by atoms with Crippen LogP contribution < -0.4 is 37.2 Å². The molecule has 0 fully saturated rings. The predicted octanol–water partition coefficient (Wildman–Crippen LogP) is -5.94. The number of aryl methyl sites for hydroxylation is 1. The summed E-state index contributed by atoms with van der Waals surface area (Å²) in [4.78, 5) is 13.4. The van der Waals surface area contributed by atoms with E-state index in [0.717, 1.165) is 35.9 Å². The number of nitrogens with zero attached hydrogens (tertiary/aromatic N) is 3. The van der Waals surface area contributed by atoms with E-state index in [-0.39, 0.29) is 54.0 Å². The van der Waals surface area contributed by atoms with Gasteiger partial charge in [0.15, 0.2) is 0 Å². The number of aromatic nitrogens is 1. The zero-order valence-corrected chi connectivity index (χ0v) is 16.2. The van der Waals surface area contributed by atoms with Crippen molar-refractivity contribution in [3.63, 3.8) is 0 Å². The largest absolute Gasteiger partial charge is 3.00 e. The van der Waals surface area contributed by atoms with Crippen molar-refractivity contribution < 1.29 is 54.0 Å². The van der Waals surface area contributed by atoms with Crippen molar-refractivity contribution in [1.82, 2.24) is 4.98 Å². The van der Waals surface area contributed by atoms with E-state index in [4.69, 9.17) is 0 Å². The van der Waals surface area contributed by atoms with Crippen molar-refractivity contribution in [3.05, 3.63) is 29.1 Å². The summed E-state index contributed by atoms with van der Waals surface area (Å²) in [5.41, 5.74) is 5.07. The van der Waals surface area contributed by atoms with Crippen LogP contribution in [0.4, 0.5) is 0 Å². The van der Waals surface area contributed by atoms with Gasteiger partial charge in [-0.1, -0.05) is 0 Å². The Bertz CT molecular complexity index is 425. The van der Waals surface area contributed by atoms with E-state index in [2.05, 4.69) is 34.0 Å². The van der Waals surface area contributed by atoms with E-state index < -0.39 is 0 Å². The fourth-order valence-corrected chi connectivity index (χ4v) is 1.67. The summed E-state index contributed by atoms with van der Waals surface area (Å²) >= 11 is 0. The minimum Gasteiger partial charge on any atom is -1.00 e. The number of pyridine rings is 1. The van der Waals surface area contributed by atoms with Crippen LogP contribution in [0.5, 0.6) is 0 Å².